The SMILES string of the molecule is Cc1nn(C)c2ncc(NC(=O)N(C)CCOc3ccccc3F)cc12. The van der Waals surface area contributed by atoms with Gasteiger partial charge in [0.1, 0.15) is 6.61 Å². The third-order valence-corrected chi connectivity index (χ3v) is 3.98. The van der Waals surface area contributed by atoms with Gasteiger partial charge in [0.15, 0.2) is 17.2 Å². The second kappa shape index (κ2) is 7.38. The van der Waals surface area contributed by atoms with Crippen molar-refractivity contribution in [2.24, 2.45) is 7.05 Å². The highest BCUT2D eigenvalue weighted by atomic mass is 19.1. The number of amides is 2. The zero-order valence-corrected chi connectivity index (χ0v) is 14.9. The lowest BCUT2D eigenvalue weighted by Gasteiger charge is -2.18. The quantitative estimate of drug-likeness (QED) is 0.762. The van der Waals surface area contributed by atoms with Crippen LogP contribution in [0, 0.1) is 12.7 Å². The van der Waals surface area contributed by atoms with Gasteiger partial charge in [0.25, 0.3) is 0 Å². The van der Waals surface area contributed by atoms with E-state index in [4.69, 9.17) is 4.74 Å². The van der Waals surface area contributed by atoms with Crippen molar-refractivity contribution >= 4 is 22.8 Å². The number of rotatable bonds is 5. The van der Waals surface area contributed by atoms with Crippen molar-refractivity contribution in [3.8, 4) is 5.75 Å². The molecular formula is C18H20FN5O2. The minimum atomic E-state index is -0.425. The highest BCUT2D eigenvalue weighted by Gasteiger charge is 2.12. The first kappa shape index (κ1) is 17.7. The molecule has 7 nitrogen and oxygen atoms in total. The number of hydrogen-bond donors (Lipinski definition) is 1. The number of benzene rings is 1. The highest BCUT2D eigenvalue weighted by Crippen LogP contribution is 2.19. The number of fused-ring (bicyclic) bond motifs is 1. The first-order chi connectivity index (χ1) is 12.5. The smallest absolute Gasteiger partial charge is 0.321 e. The van der Waals surface area contributed by atoms with Crippen molar-refractivity contribution < 1.29 is 13.9 Å². The Kier molecular flexibility index (Phi) is 5.01. The second-order valence-electron chi connectivity index (χ2n) is 5.93. The number of pyridine rings is 1. The van der Waals surface area contributed by atoms with Gasteiger partial charge in [-0.05, 0) is 25.1 Å². The van der Waals surface area contributed by atoms with Crippen LogP contribution in [0.3, 0.4) is 0 Å². The van der Waals surface area contributed by atoms with Gasteiger partial charge in [-0.25, -0.2) is 14.2 Å². The van der Waals surface area contributed by atoms with Gasteiger partial charge < -0.3 is 15.0 Å². The summed E-state index contributed by atoms with van der Waals surface area (Å²) in [5.74, 6) is -0.256. The number of anilines is 1. The van der Waals surface area contributed by atoms with Crippen molar-refractivity contribution in [1.82, 2.24) is 19.7 Å². The van der Waals surface area contributed by atoms with Crippen LogP contribution in [0.2, 0.25) is 0 Å². The van der Waals surface area contributed by atoms with Gasteiger partial charge in [0.05, 0.1) is 24.1 Å². The first-order valence-electron chi connectivity index (χ1n) is 8.14. The Morgan fingerprint density at radius 1 is 1.38 bits per heavy atom. The molecule has 1 N–H and O–H groups in total. The van der Waals surface area contributed by atoms with Crippen LogP contribution >= 0.6 is 0 Å². The second-order valence-corrected chi connectivity index (χ2v) is 5.93. The van der Waals surface area contributed by atoms with Gasteiger partial charge in [-0.3, -0.25) is 4.68 Å². The fourth-order valence-corrected chi connectivity index (χ4v) is 2.55. The fourth-order valence-electron chi connectivity index (χ4n) is 2.55. The molecule has 0 radical (unpaired) electrons. The van der Waals surface area contributed by atoms with Gasteiger partial charge in [0, 0.05) is 19.5 Å². The Morgan fingerprint density at radius 2 is 2.15 bits per heavy atom. The molecule has 0 saturated heterocycles. The summed E-state index contributed by atoms with van der Waals surface area (Å²) in [6, 6.07) is 7.70. The molecule has 3 aromatic rings. The molecule has 3 rings (SSSR count). The molecule has 0 atom stereocenters. The summed E-state index contributed by atoms with van der Waals surface area (Å²) in [5.41, 5.74) is 2.19. The molecule has 0 spiro atoms. The van der Waals surface area contributed by atoms with Crippen LogP contribution in [-0.4, -0.2) is 45.9 Å². The maximum Gasteiger partial charge on any atom is 0.321 e. The lowest BCUT2D eigenvalue weighted by atomic mass is 10.2. The molecule has 8 heteroatoms. The summed E-state index contributed by atoms with van der Waals surface area (Å²) in [6.45, 7) is 2.38. The van der Waals surface area contributed by atoms with Crippen LogP contribution in [0.15, 0.2) is 36.5 Å². The van der Waals surface area contributed by atoms with Crippen LogP contribution in [-0.2, 0) is 7.05 Å². The van der Waals surface area contributed by atoms with Gasteiger partial charge in [-0.1, -0.05) is 12.1 Å². The zero-order chi connectivity index (χ0) is 18.7. The van der Waals surface area contributed by atoms with Crippen molar-refractivity contribution in [2.75, 3.05) is 25.5 Å². The molecule has 2 aromatic heterocycles. The Morgan fingerprint density at radius 3 is 2.92 bits per heavy atom. The maximum absolute atomic E-state index is 13.5. The van der Waals surface area contributed by atoms with Crippen LogP contribution in [0.25, 0.3) is 11.0 Å². The molecule has 0 unspecified atom stereocenters. The third kappa shape index (κ3) is 3.74. The zero-order valence-electron chi connectivity index (χ0n) is 14.9. The average molecular weight is 357 g/mol. The van der Waals surface area contributed by atoms with Crippen molar-refractivity contribution in [3.63, 3.8) is 0 Å². The van der Waals surface area contributed by atoms with E-state index in [0.717, 1.165) is 16.7 Å². The minimum absolute atomic E-state index is 0.169. The van der Waals surface area contributed by atoms with Gasteiger partial charge in [-0.2, -0.15) is 5.10 Å². The topological polar surface area (TPSA) is 72.3 Å². The molecule has 0 fully saturated rings. The number of carbonyl (C=O) groups excluding carboxylic acids is 1. The van der Waals surface area contributed by atoms with Crippen molar-refractivity contribution in [3.05, 3.63) is 48.0 Å². The number of para-hydroxylation sites is 1. The summed E-state index contributed by atoms with van der Waals surface area (Å²) in [5, 5.41) is 7.98. The van der Waals surface area contributed by atoms with Crippen molar-refractivity contribution in [2.45, 2.75) is 6.92 Å². The van der Waals surface area contributed by atoms with Crippen LogP contribution < -0.4 is 10.1 Å². The Labute approximate surface area is 150 Å². The Balaban J connectivity index is 1.57. The number of nitrogens with one attached hydrogen (secondary N) is 1. The van der Waals surface area contributed by atoms with E-state index in [-0.39, 0.29) is 18.4 Å². The number of nitrogens with zero attached hydrogens (tertiary/aromatic N) is 4. The fraction of sp³-hybridized carbons (Fsp3) is 0.278. The minimum Gasteiger partial charge on any atom is -0.489 e. The average Bonchev–Trinajstić information content (AvgIpc) is 2.90. The maximum atomic E-state index is 13.5. The van der Waals surface area contributed by atoms with E-state index in [1.807, 2.05) is 20.0 Å². The largest absolute Gasteiger partial charge is 0.489 e. The number of aryl methyl sites for hydroxylation is 2. The van der Waals surface area contributed by atoms with Gasteiger partial charge >= 0.3 is 6.03 Å². The molecule has 26 heavy (non-hydrogen) atoms. The van der Waals surface area contributed by atoms with Crippen LogP contribution in [0.1, 0.15) is 5.69 Å². The molecule has 2 heterocycles. The Hall–Kier alpha value is -3.16. The summed E-state index contributed by atoms with van der Waals surface area (Å²) >= 11 is 0. The first-order valence-corrected chi connectivity index (χ1v) is 8.14. The number of ether oxygens (including phenoxy) is 1. The number of halogens is 1. The molecule has 0 aliphatic rings. The van der Waals surface area contributed by atoms with E-state index in [1.165, 1.54) is 11.0 Å². The number of aromatic nitrogens is 3. The number of hydrogen-bond acceptors (Lipinski definition) is 4. The third-order valence-electron chi connectivity index (χ3n) is 3.98. The highest BCUT2D eigenvalue weighted by molar-refractivity contribution is 5.91. The van der Waals surface area contributed by atoms with E-state index in [1.54, 1.807) is 36.1 Å². The van der Waals surface area contributed by atoms with E-state index >= 15 is 0 Å². The number of urea groups is 1. The summed E-state index contributed by atoms with van der Waals surface area (Å²) in [6.07, 6.45) is 1.59. The van der Waals surface area contributed by atoms with Crippen LogP contribution in [0.4, 0.5) is 14.9 Å². The summed E-state index contributed by atoms with van der Waals surface area (Å²) in [7, 11) is 3.46. The molecule has 0 bridgehead atoms. The van der Waals surface area contributed by atoms with Crippen molar-refractivity contribution in [1.29, 1.82) is 0 Å². The van der Waals surface area contributed by atoms with E-state index in [0.29, 0.717) is 12.2 Å². The molecule has 136 valence electrons. The predicted octanol–water partition coefficient (Wildman–Crippen LogP) is 2.96. The normalized spacial score (nSPS) is 10.8. The lowest BCUT2D eigenvalue weighted by molar-refractivity contribution is 0.206. The molecule has 2 amide bonds. The Bertz CT molecular complexity index is 940. The van der Waals surface area contributed by atoms with E-state index in [9.17, 15) is 9.18 Å². The van der Waals surface area contributed by atoms with E-state index < -0.39 is 5.82 Å². The molecule has 0 aliphatic heterocycles. The molecular weight excluding hydrogens is 337 g/mol. The molecule has 1 aromatic carbocycles. The summed E-state index contributed by atoms with van der Waals surface area (Å²) in [4.78, 5) is 18.1. The number of carbonyl (C=O) groups is 1. The van der Waals surface area contributed by atoms with Crippen LogP contribution in [0.5, 0.6) is 5.75 Å². The molecule has 0 aliphatic carbocycles. The number of likely N-dealkylation sites (N-methyl/N-ethyl adjacent to an activating group) is 1. The van der Waals surface area contributed by atoms with E-state index in [2.05, 4.69) is 15.4 Å². The monoisotopic (exact) mass is 357 g/mol. The standard InChI is InChI=1S/C18H20FN5O2/c1-12-14-10-13(11-20-17(14)24(3)22-12)21-18(25)23(2)8-9-26-16-7-5-4-6-15(16)19/h4-7,10-11H,8-9H2,1-3H3,(H,21,25). The lowest BCUT2D eigenvalue weighted by Crippen LogP contribution is -2.34. The van der Waals surface area contributed by atoms with Gasteiger partial charge in [0.2, 0.25) is 0 Å². The predicted molar refractivity (Wildman–Crippen MR) is 96.8 cm³/mol. The molecule has 0 saturated carbocycles. The summed E-state index contributed by atoms with van der Waals surface area (Å²) < 4.78 is 20.6. The van der Waals surface area contributed by atoms with Gasteiger partial charge in [-0.15, -0.1) is 0 Å².